The van der Waals surface area contributed by atoms with Gasteiger partial charge in [0.15, 0.2) is 11.5 Å². The first-order chi connectivity index (χ1) is 16.6. The summed E-state index contributed by atoms with van der Waals surface area (Å²) < 4.78 is 11.6. The maximum atomic E-state index is 12.5. The van der Waals surface area contributed by atoms with E-state index in [1.165, 1.54) is 5.56 Å². The molecule has 0 aliphatic carbocycles. The molecular formula is C27H34N4O3. The third-order valence-electron chi connectivity index (χ3n) is 6.13. The fourth-order valence-electron chi connectivity index (χ4n) is 4.49. The number of carbonyl (C=O) groups excluding carboxylic acids is 1. The molecule has 34 heavy (non-hydrogen) atoms. The van der Waals surface area contributed by atoms with E-state index in [1.54, 1.807) is 6.20 Å². The number of fused-ring (bicyclic) bond motifs is 1. The van der Waals surface area contributed by atoms with Gasteiger partial charge in [-0.1, -0.05) is 19.1 Å². The smallest absolute Gasteiger partial charge is 0.237 e. The van der Waals surface area contributed by atoms with Gasteiger partial charge < -0.3 is 25.4 Å². The normalized spacial score (nSPS) is 15.3. The van der Waals surface area contributed by atoms with Crippen LogP contribution in [0.5, 0.6) is 11.5 Å². The average molecular weight is 463 g/mol. The van der Waals surface area contributed by atoms with Crippen LogP contribution in [0.3, 0.4) is 0 Å². The molecule has 1 amide bonds. The van der Waals surface area contributed by atoms with E-state index < -0.39 is 0 Å². The number of amides is 1. The average Bonchev–Trinajstić information content (AvgIpc) is 3.39. The minimum atomic E-state index is -0.0734. The first kappa shape index (κ1) is 23.8. The molecule has 7 nitrogen and oxygen atoms in total. The van der Waals surface area contributed by atoms with Crippen molar-refractivity contribution in [3.63, 3.8) is 0 Å². The van der Waals surface area contributed by atoms with Crippen molar-refractivity contribution < 1.29 is 14.3 Å². The van der Waals surface area contributed by atoms with Crippen LogP contribution in [0.15, 0.2) is 42.6 Å². The van der Waals surface area contributed by atoms with E-state index in [0.717, 1.165) is 53.6 Å². The van der Waals surface area contributed by atoms with Gasteiger partial charge in [0.05, 0.1) is 24.8 Å². The molecule has 3 aromatic rings. The molecule has 2 aromatic carbocycles. The second kappa shape index (κ2) is 11.2. The number of nitrogens with zero attached hydrogens (tertiary/aromatic N) is 1. The van der Waals surface area contributed by atoms with Crippen molar-refractivity contribution in [1.29, 1.82) is 0 Å². The Balaban J connectivity index is 1.61. The zero-order valence-electron chi connectivity index (χ0n) is 20.2. The third-order valence-corrected chi connectivity index (χ3v) is 6.13. The van der Waals surface area contributed by atoms with E-state index in [0.29, 0.717) is 31.3 Å². The lowest BCUT2D eigenvalue weighted by Crippen LogP contribution is -2.40. The molecule has 4 rings (SSSR count). The number of carbonyl (C=O) groups is 1. The second-order valence-electron chi connectivity index (χ2n) is 8.33. The number of aromatic nitrogens is 1. The SMILES string of the molecule is CCOc1cc2nccc(Nc3cccc(CNC(=O)[C@@H]4CCCN4)c3CC)c2cc1OCC. The number of benzene rings is 2. The van der Waals surface area contributed by atoms with Crippen LogP contribution in [0.2, 0.25) is 0 Å². The van der Waals surface area contributed by atoms with Gasteiger partial charge in [0.1, 0.15) is 0 Å². The highest BCUT2D eigenvalue weighted by Crippen LogP contribution is 2.36. The van der Waals surface area contributed by atoms with Crippen molar-refractivity contribution in [3.8, 4) is 11.5 Å². The number of rotatable bonds is 10. The minimum absolute atomic E-state index is 0.0734. The monoisotopic (exact) mass is 462 g/mol. The van der Waals surface area contributed by atoms with E-state index in [4.69, 9.17) is 9.47 Å². The lowest BCUT2D eigenvalue weighted by Gasteiger charge is -2.18. The van der Waals surface area contributed by atoms with Crippen molar-refractivity contribution in [3.05, 3.63) is 53.7 Å². The summed E-state index contributed by atoms with van der Waals surface area (Å²) in [6.45, 7) is 8.59. The molecule has 2 heterocycles. The van der Waals surface area contributed by atoms with E-state index in [9.17, 15) is 4.79 Å². The highest BCUT2D eigenvalue weighted by molar-refractivity contribution is 5.95. The summed E-state index contributed by atoms with van der Waals surface area (Å²) in [4.78, 5) is 17.0. The minimum Gasteiger partial charge on any atom is -0.490 e. The standard InChI is InChI=1S/C27H34N4O3/c1-4-19-18(17-30-27(32)23-11-8-13-28-23)9-7-10-21(19)31-22-12-14-29-24-16-26(34-6-3)25(33-5-2)15-20(22)24/h7,9-10,12,14-16,23,28H,4-6,8,11,13,17H2,1-3H3,(H,29,31)(H,30,32)/t23-/m0/s1. The molecule has 180 valence electrons. The molecule has 3 N–H and O–H groups in total. The van der Waals surface area contributed by atoms with Gasteiger partial charge >= 0.3 is 0 Å². The number of pyridine rings is 1. The maximum absolute atomic E-state index is 12.5. The van der Waals surface area contributed by atoms with Crippen LogP contribution in [-0.2, 0) is 17.8 Å². The summed E-state index contributed by atoms with van der Waals surface area (Å²) in [5.74, 6) is 1.48. The molecule has 0 saturated carbocycles. The largest absolute Gasteiger partial charge is 0.490 e. The summed E-state index contributed by atoms with van der Waals surface area (Å²) in [6.07, 6.45) is 4.59. The highest BCUT2D eigenvalue weighted by atomic mass is 16.5. The first-order valence-electron chi connectivity index (χ1n) is 12.2. The van der Waals surface area contributed by atoms with Crippen molar-refractivity contribution in [2.75, 3.05) is 25.1 Å². The summed E-state index contributed by atoms with van der Waals surface area (Å²) in [6, 6.07) is 12.0. The molecule has 0 spiro atoms. The highest BCUT2D eigenvalue weighted by Gasteiger charge is 2.22. The van der Waals surface area contributed by atoms with Gasteiger partial charge in [-0.25, -0.2) is 0 Å². The Hall–Kier alpha value is -3.32. The Bertz CT molecular complexity index is 1140. The van der Waals surface area contributed by atoms with Crippen LogP contribution in [0, 0.1) is 0 Å². The lowest BCUT2D eigenvalue weighted by atomic mass is 10.0. The predicted octanol–water partition coefficient (Wildman–Crippen LogP) is 4.71. The van der Waals surface area contributed by atoms with Crippen LogP contribution in [0.25, 0.3) is 10.9 Å². The fourth-order valence-corrected chi connectivity index (χ4v) is 4.49. The van der Waals surface area contributed by atoms with Crippen LogP contribution in [-0.4, -0.2) is 36.7 Å². The Morgan fingerprint density at radius 1 is 1.09 bits per heavy atom. The van der Waals surface area contributed by atoms with Gasteiger partial charge in [0, 0.05) is 35.6 Å². The van der Waals surface area contributed by atoms with Crippen LogP contribution < -0.4 is 25.4 Å². The van der Waals surface area contributed by atoms with Gasteiger partial charge in [-0.2, -0.15) is 0 Å². The van der Waals surface area contributed by atoms with Crippen LogP contribution >= 0.6 is 0 Å². The first-order valence-corrected chi connectivity index (χ1v) is 12.2. The van der Waals surface area contributed by atoms with Crippen molar-refractivity contribution >= 4 is 28.2 Å². The van der Waals surface area contributed by atoms with Gasteiger partial charge in [-0.05, 0) is 69.0 Å². The Morgan fingerprint density at radius 3 is 2.59 bits per heavy atom. The zero-order chi connectivity index (χ0) is 23.9. The summed E-state index contributed by atoms with van der Waals surface area (Å²) >= 11 is 0. The molecule has 0 unspecified atom stereocenters. The van der Waals surface area contributed by atoms with Crippen molar-refractivity contribution in [2.45, 2.75) is 52.6 Å². The van der Waals surface area contributed by atoms with Gasteiger partial charge in [-0.15, -0.1) is 0 Å². The van der Waals surface area contributed by atoms with Gasteiger partial charge in [0.2, 0.25) is 5.91 Å². The van der Waals surface area contributed by atoms with Crippen molar-refractivity contribution in [1.82, 2.24) is 15.6 Å². The molecular weight excluding hydrogens is 428 g/mol. The molecule has 1 aromatic heterocycles. The maximum Gasteiger partial charge on any atom is 0.237 e. The van der Waals surface area contributed by atoms with E-state index >= 15 is 0 Å². The number of hydrogen-bond donors (Lipinski definition) is 3. The Labute approximate surface area is 201 Å². The molecule has 0 radical (unpaired) electrons. The molecule has 0 bridgehead atoms. The number of ether oxygens (including phenoxy) is 2. The summed E-state index contributed by atoms with van der Waals surface area (Å²) in [7, 11) is 0. The fraction of sp³-hybridized carbons (Fsp3) is 0.407. The molecule has 1 aliphatic rings. The zero-order valence-corrected chi connectivity index (χ0v) is 20.2. The van der Waals surface area contributed by atoms with E-state index in [-0.39, 0.29) is 11.9 Å². The molecule has 1 aliphatic heterocycles. The number of anilines is 2. The van der Waals surface area contributed by atoms with E-state index in [1.807, 2.05) is 38.1 Å². The van der Waals surface area contributed by atoms with E-state index in [2.05, 4.69) is 40.0 Å². The molecule has 1 saturated heterocycles. The predicted molar refractivity (Wildman–Crippen MR) is 136 cm³/mol. The molecule has 1 atom stereocenters. The lowest BCUT2D eigenvalue weighted by molar-refractivity contribution is -0.122. The Morgan fingerprint density at radius 2 is 1.88 bits per heavy atom. The summed E-state index contributed by atoms with van der Waals surface area (Å²) in [5.41, 5.74) is 5.10. The third kappa shape index (κ3) is 5.25. The van der Waals surface area contributed by atoms with Gasteiger partial charge in [-0.3, -0.25) is 9.78 Å². The van der Waals surface area contributed by atoms with Gasteiger partial charge in [0.25, 0.3) is 0 Å². The number of nitrogens with one attached hydrogen (secondary N) is 3. The second-order valence-corrected chi connectivity index (χ2v) is 8.33. The Kier molecular flexibility index (Phi) is 7.85. The summed E-state index contributed by atoms with van der Waals surface area (Å²) in [5, 5.41) is 10.9. The number of hydrogen-bond acceptors (Lipinski definition) is 6. The van der Waals surface area contributed by atoms with Crippen LogP contribution in [0.4, 0.5) is 11.4 Å². The molecule has 7 heteroatoms. The van der Waals surface area contributed by atoms with Crippen LogP contribution in [0.1, 0.15) is 44.7 Å². The van der Waals surface area contributed by atoms with Crippen molar-refractivity contribution in [2.24, 2.45) is 0 Å². The molecule has 1 fully saturated rings. The topological polar surface area (TPSA) is 84.5 Å². The quantitative estimate of drug-likeness (QED) is 0.405.